The number of halogens is 3. The fourth-order valence-corrected chi connectivity index (χ4v) is 4.05. The molecule has 2 amide bonds. The van der Waals surface area contributed by atoms with Crippen molar-refractivity contribution in [1.29, 1.82) is 0 Å². The maximum Gasteiger partial charge on any atom is 0.416 e. The summed E-state index contributed by atoms with van der Waals surface area (Å²) in [6.45, 7) is 4.33. The fourth-order valence-electron chi connectivity index (χ4n) is 4.05. The molecule has 1 fully saturated rings. The molecule has 2 heterocycles. The van der Waals surface area contributed by atoms with Gasteiger partial charge in [0.2, 0.25) is 5.91 Å². The van der Waals surface area contributed by atoms with E-state index in [1.165, 1.54) is 19.1 Å². The lowest BCUT2D eigenvalue weighted by Crippen LogP contribution is -2.56. The van der Waals surface area contributed by atoms with Gasteiger partial charge in [0.05, 0.1) is 17.8 Å². The molecule has 2 aromatic rings. The molecule has 2 aromatic carbocycles. The quantitative estimate of drug-likeness (QED) is 0.726. The molecular formula is C23H24F3N3O3. The fraction of sp³-hybridized carbons (Fsp3) is 0.391. The molecule has 0 spiro atoms. The minimum Gasteiger partial charge on any atom is -0.476 e. The van der Waals surface area contributed by atoms with Gasteiger partial charge in [-0.3, -0.25) is 14.5 Å². The van der Waals surface area contributed by atoms with E-state index in [-0.39, 0.29) is 18.4 Å². The normalized spacial score (nSPS) is 19.3. The van der Waals surface area contributed by atoms with E-state index in [2.05, 4.69) is 4.90 Å². The first-order valence-electron chi connectivity index (χ1n) is 10.4. The van der Waals surface area contributed by atoms with Gasteiger partial charge in [-0.2, -0.15) is 13.2 Å². The predicted molar refractivity (Wildman–Crippen MR) is 112 cm³/mol. The van der Waals surface area contributed by atoms with Crippen LogP contribution in [0.4, 0.5) is 18.9 Å². The van der Waals surface area contributed by atoms with Gasteiger partial charge in [0.1, 0.15) is 5.75 Å². The van der Waals surface area contributed by atoms with Gasteiger partial charge in [0.25, 0.3) is 5.91 Å². The second-order valence-corrected chi connectivity index (χ2v) is 8.00. The number of anilines is 1. The summed E-state index contributed by atoms with van der Waals surface area (Å²) >= 11 is 0. The van der Waals surface area contributed by atoms with Crippen molar-refractivity contribution < 1.29 is 27.5 Å². The SMILES string of the molecule is CC(=O)N1CC(C(=O)N2CCN(Cc3ccc(C(F)(F)F)cc3)CC2)Oc2ccccc21. The molecule has 6 nitrogen and oxygen atoms in total. The number of rotatable bonds is 3. The van der Waals surface area contributed by atoms with Gasteiger partial charge in [0, 0.05) is 39.6 Å². The molecule has 170 valence electrons. The van der Waals surface area contributed by atoms with Crippen molar-refractivity contribution in [3.63, 3.8) is 0 Å². The van der Waals surface area contributed by atoms with Crippen molar-refractivity contribution in [2.24, 2.45) is 0 Å². The van der Waals surface area contributed by atoms with E-state index in [1.54, 1.807) is 28.0 Å². The van der Waals surface area contributed by atoms with E-state index in [0.29, 0.717) is 44.2 Å². The van der Waals surface area contributed by atoms with E-state index < -0.39 is 17.8 Å². The molecule has 0 bridgehead atoms. The number of piperazine rings is 1. The first-order chi connectivity index (χ1) is 15.2. The van der Waals surface area contributed by atoms with Gasteiger partial charge in [-0.15, -0.1) is 0 Å². The molecular weight excluding hydrogens is 423 g/mol. The lowest BCUT2D eigenvalue weighted by atomic mass is 10.1. The van der Waals surface area contributed by atoms with E-state index >= 15 is 0 Å². The summed E-state index contributed by atoms with van der Waals surface area (Å²) in [7, 11) is 0. The van der Waals surface area contributed by atoms with Crippen LogP contribution in [0, 0.1) is 0 Å². The van der Waals surface area contributed by atoms with E-state index in [9.17, 15) is 22.8 Å². The monoisotopic (exact) mass is 447 g/mol. The molecule has 4 rings (SSSR count). The van der Waals surface area contributed by atoms with Crippen LogP contribution in [0.3, 0.4) is 0 Å². The molecule has 0 aromatic heterocycles. The highest BCUT2D eigenvalue weighted by Crippen LogP contribution is 2.33. The molecule has 32 heavy (non-hydrogen) atoms. The maximum absolute atomic E-state index is 13.1. The van der Waals surface area contributed by atoms with Crippen molar-refractivity contribution >= 4 is 17.5 Å². The van der Waals surface area contributed by atoms with Crippen LogP contribution < -0.4 is 9.64 Å². The van der Waals surface area contributed by atoms with Crippen molar-refractivity contribution in [3.05, 3.63) is 59.7 Å². The highest BCUT2D eigenvalue weighted by molar-refractivity contribution is 5.95. The summed E-state index contributed by atoms with van der Waals surface area (Å²) in [5.41, 5.74) is 0.790. The summed E-state index contributed by atoms with van der Waals surface area (Å²) in [5, 5.41) is 0. The average molecular weight is 447 g/mol. The third-order valence-corrected chi connectivity index (χ3v) is 5.80. The third kappa shape index (κ3) is 4.72. The smallest absolute Gasteiger partial charge is 0.416 e. The standard InChI is InChI=1S/C23H24F3N3O3/c1-16(30)29-15-21(32-20-5-3-2-4-19(20)29)22(31)28-12-10-27(11-13-28)14-17-6-8-18(9-7-17)23(24,25)26/h2-9,21H,10-15H2,1H3. The zero-order valence-corrected chi connectivity index (χ0v) is 17.6. The molecule has 9 heteroatoms. The maximum atomic E-state index is 13.1. The van der Waals surface area contributed by atoms with Crippen molar-refractivity contribution in [2.75, 3.05) is 37.6 Å². The Kier molecular flexibility index (Phi) is 6.10. The van der Waals surface area contributed by atoms with Gasteiger partial charge in [-0.25, -0.2) is 0 Å². The number of para-hydroxylation sites is 2. The Hall–Kier alpha value is -3.07. The minimum atomic E-state index is -4.34. The molecule has 2 aliphatic rings. The largest absolute Gasteiger partial charge is 0.476 e. The van der Waals surface area contributed by atoms with Crippen LogP contribution in [0.5, 0.6) is 5.75 Å². The highest BCUT2D eigenvalue weighted by atomic mass is 19.4. The predicted octanol–water partition coefficient (Wildman–Crippen LogP) is 3.16. The van der Waals surface area contributed by atoms with Crippen LogP contribution in [0.2, 0.25) is 0 Å². The van der Waals surface area contributed by atoms with Crippen molar-refractivity contribution in [1.82, 2.24) is 9.80 Å². The summed E-state index contributed by atoms with van der Waals surface area (Å²) in [6, 6.07) is 12.3. The number of fused-ring (bicyclic) bond motifs is 1. The van der Waals surface area contributed by atoms with Crippen molar-refractivity contribution in [2.45, 2.75) is 25.7 Å². The number of carbonyl (C=O) groups is 2. The Bertz CT molecular complexity index is 986. The van der Waals surface area contributed by atoms with Gasteiger partial charge < -0.3 is 14.5 Å². The first kappa shape index (κ1) is 22.1. The zero-order chi connectivity index (χ0) is 22.9. The van der Waals surface area contributed by atoms with Crippen LogP contribution in [0.15, 0.2) is 48.5 Å². The number of alkyl halides is 3. The van der Waals surface area contributed by atoms with Crippen molar-refractivity contribution in [3.8, 4) is 5.75 Å². The first-order valence-corrected chi connectivity index (χ1v) is 10.4. The number of carbonyl (C=O) groups excluding carboxylic acids is 2. The Morgan fingerprint density at radius 2 is 1.66 bits per heavy atom. The van der Waals surface area contributed by atoms with Crippen LogP contribution >= 0.6 is 0 Å². The highest BCUT2D eigenvalue weighted by Gasteiger charge is 2.36. The van der Waals surface area contributed by atoms with E-state index in [4.69, 9.17) is 4.74 Å². The number of hydrogen-bond acceptors (Lipinski definition) is 4. The number of hydrogen-bond donors (Lipinski definition) is 0. The number of ether oxygens (including phenoxy) is 1. The Morgan fingerprint density at radius 3 is 2.28 bits per heavy atom. The molecule has 0 saturated carbocycles. The van der Waals surface area contributed by atoms with Gasteiger partial charge in [-0.1, -0.05) is 24.3 Å². The second kappa shape index (κ2) is 8.82. The van der Waals surface area contributed by atoms with Crippen LogP contribution in [0.25, 0.3) is 0 Å². The lowest BCUT2D eigenvalue weighted by molar-refractivity contribution is -0.140. The number of amides is 2. The Balaban J connectivity index is 1.34. The molecule has 0 radical (unpaired) electrons. The minimum absolute atomic E-state index is 0.153. The average Bonchev–Trinajstić information content (AvgIpc) is 2.78. The molecule has 2 aliphatic heterocycles. The van der Waals surface area contributed by atoms with Gasteiger partial charge in [-0.05, 0) is 29.8 Å². The molecule has 1 saturated heterocycles. The summed E-state index contributed by atoms with van der Waals surface area (Å²) in [6.07, 6.45) is -5.11. The zero-order valence-electron chi connectivity index (χ0n) is 17.6. The van der Waals surface area contributed by atoms with E-state index in [1.807, 2.05) is 6.07 Å². The molecule has 1 atom stereocenters. The molecule has 1 unspecified atom stereocenters. The molecule has 0 N–H and O–H groups in total. The number of nitrogens with zero attached hydrogens (tertiary/aromatic N) is 3. The Morgan fingerprint density at radius 1 is 1.00 bits per heavy atom. The Labute approximate surface area is 184 Å². The topological polar surface area (TPSA) is 53.1 Å². The summed E-state index contributed by atoms with van der Waals surface area (Å²) < 4.78 is 44.1. The van der Waals surface area contributed by atoms with Crippen LogP contribution in [0.1, 0.15) is 18.1 Å². The van der Waals surface area contributed by atoms with Gasteiger partial charge >= 0.3 is 6.18 Å². The third-order valence-electron chi connectivity index (χ3n) is 5.80. The van der Waals surface area contributed by atoms with Crippen LogP contribution in [-0.4, -0.2) is 60.4 Å². The van der Waals surface area contributed by atoms with Crippen LogP contribution in [-0.2, 0) is 22.3 Å². The second-order valence-electron chi connectivity index (χ2n) is 8.00. The summed E-state index contributed by atoms with van der Waals surface area (Å²) in [5.74, 6) is 0.188. The van der Waals surface area contributed by atoms with E-state index in [0.717, 1.165) is 17.7 Å². The van der Waals surface area contributed by atoms with Gasteiger partial charge in [0.15, 0.2) is 6.10 Å². The lowest BCUT2D eigenvalue weighted by Gasteiger charge is -2.39. The summed E-state index contributed by atoms with van der Waals surface area (Å²) in [4.78, 5) is 30.5. The number of benzene rings is 2. The molecule has 0 aliphatic carbocycles.